The Balaban J connectivity index is 3.30. The van der Waals surface area contributed by atoms with Crippen LogP contribution in [0.1, 0.15) is 17.4 Å². The summed E-state index contributed by atoms with van der Waals surface area (Å²) in [4.78, 5) is 20.0. The van der Waals surface area contributed by atoms with E-state index in [2.05, 4.69) is 5.10 Å². The van der Waals surface area contributed by atoms with Gasteiger partial charge in [0.15, 0.2) is 5.69 Å². The fraction of sp³-hybridized carbons (Fsp3) is 0.333. The second-order valence-corrected chi connectivity index (χ2v) is 2.24. The minimum atomic E-state index is -1.59. The van der Waals surface area contributed by atoms with Crippen LogP contribution in [0.4, 0.5) is 5.69 Å². The molecule has 13 heavy (non-hydrogen) atoms. The highest BCUT2D eigenvalue weighted by Crippen LogP contribution is 2.16. The summed E-state index contributed by atoms with van der Waals surface area (Å²) in [6.45, 7) is 1.88. The lowest BCUT2D eigenvalue weighted by atomic mass is 10.4. The van der Waals surface area contributed by atoms with Crippen molar-refractivity contribution in [2.24, 2.45) is 0 Å². The lowest BCUT2D eigenvalue weighted by molar-refractivity contribution is -0.386. The highest BCUT2D eigenvalue weighted by atomic mass is 16.6. The predicted molar refractivity (Wildman–Crippen MR) is 38.9 cm³/mol. The van der Waals surface area contributed by atoms with Gasteiger partial charge in [-0.3, -0.25) is 14.8 Å². The molecule has 0 atom stereocenters. The van der Waals surface area contributed by atoms with E-state index in [1.54, 1.807) is 6.92 Å². The number of hydrogen-bond donors (Lipinski definition) is 0. The lowest BCUT2D eigenvalue weighted by Crippen LogP contribution is -2.26. The van der Waals surface area contributed by atoms with E-state index in [0.717, 1.165) is 10.9 Å². The van der Waals surface area contributed by atoms with Crippen LogP contribution in [0, 0.1) is 10.1 Å². The molecular weight excluding hydrogens is 178 g/mol. The maximum Gasteiger partial charge on any atom is 0.316 e. The van der Waals surface area contributed by atoms with E-state index in [0.29, 0.717) is 0 Å². The number of hydrogen-bond acceptors (Lipinski definition) is 5. The molecule has 0 bridgehead atoms. The van der Waals surface area contributed by atoms with Gasteiger partial charge in [-0.25, -0.2) is 0 Å². The van der Waals surface area contributed by atoms with Gasteiger partial charge in [0.2, 0.25) is 0 Å². The molecule has 0 radical (unpaired) electrons. The van der Waals surface area contributed by atoms with Crippen molar-refractivity contribution >= 4 is 11.7 Å². The van der Waals surface area contributed by atoms with E-state index < -0.39 is 22.3 Å². The molecular formula is C6H6N3O4-. The van der Waals surface area contributed by atoms with E-state index in [9.17, 15) is 20.0 Å². The van der Waals surface area contributed by atoms with Crippen molar-refractivity contribution in [1.82, 2.24) is 9.78 Å². The molecule has 0 aliphatic carbocycles. The number of carbonyl (C=O) groups excluding carboxylic acids is 1. The van der Waals surface area contributed by atoms with Crippen LogP contribution >= 0.6 is 0 Å². The molecule has 1 heterocycles. The molecule has 0 saturated heterocycles. The molecule has 0 aromatic carbocycles. The molecule has 0 aliphatic heterocycles. The van der Waals surface area contributed by atoms with Gasteiger partial charge in [0.25, 0.3) is 0 Å². The van der Waals surface area contributed by atoms with Crippen LogP contribution in [-0.2, 0) is 6.54 Å². The first-order valence-electron chi connectivity index (χ1n) is 3.49. The zero-order valence-electron chi connectivity index (χ0n) is 6.76. The SMILES string of the molecule is CCn1ncc([N+](=O)[O-])c1C(=O)[O-]. The molecule has 70 valence electrons. The smallest absolute Gasteiger partial charge is 0.316 e. The van der Waals surface area contributed by atoms with Gasteiger partial charge in [0, 0.05) is 6.54 Å². The van der Waals surface area contributed by atoms with Gasteiger partial charge >= 0.3 is 5.69 Å². The van der Waals surface area contributed by atoms with E-state index in [-0.39, 0.29) is 6.54 Å². The van der Waals surface area contributed by atoms with Crippen molar-refractivity contribution in [3.05, 3.63) is 22.0 Å². The summed E-state index contributed by atoms with van der Waals surface area (Å²) in [6, 6.07) is 0. The molecule has 7 heteroatoms. The number of carbonyl (C=O) groups is 1. The van der Waals surface area contributed by atoms with Crippen LogP contribution in [0.5, 0.6) is 0 Å². The fourth-order valence-corrected chi connectivity index (χ4v) is 0.959. The zero-order valence-corrected chi connectivity index (χ0v) is 6.76. The Morgan fingerprint density at radius 2 is 2.38 bits per heavy atom. The van der Waals surface area contributed by atoms with Crippen LogP contribution in [0.15, 0.2) is 6.20 Å². The quantitative estimate of drug-likeness (QED) is 0.451. The van der Waals surface area contributed by atoms with E-state index in [4.69, 9.17) is 0 Å². The number of aryl methyl sites for hydroxylation is 1. The molecule has 0 aliphatic rings. The Morgan fingerprint density at radius 1 is 1.77 bits per heavy atom. The van der Waals surface area contributed by atoms with Gasteiger partial charge < -0.3 is 9.90 Å². The third-order valence-electron chi connectivity index (χ3n) is 1.51. The molecule has 0 saturated carbocycles. The number of aromatic carboxylic acids is 1. The van der Waals surface area contributed by atoms with Crippen molar-refractivity contribution in [2.75, 3.05) is 0 Å². The number of nitro groups is 1. The van der Waals surface area contributed by atoms with Gasteiger partial charge in [0.05, 0.1) is 10.9 Å². The Bertz CT molecular complexity index is 357. The van der Waals surface area contributed by atoms with Gasteiger partial charge in [-0.05, 0) is 6.92 Å². The van der Waals surface area contributed by atoms with E-state index in [1.165, 1.54) is 0 Å². The Kier molecular flexibility index (Phi) is 2.27. The molecule has 0 N–H and O–H groups in total. The monoisotopic (exact) mass is 184 g/mol. The standard InChI is InChI=1S/C6H7N3O4/c1-2-8-5(6(10)11)4(3-7-8)9(12)13/h3H,2H2,1H3,(H,10,11)/p-1. The second-order valence-electron chi connectivity index (χ2n) is 2.24. The van der Waals surface area contributed by atoms with Crippen LogP contribution in [0.3, 0.4) is 0 Å². The first kappa shape index (κ1) is 9.17. The summed E-state index contributed by atoms with van der Waals surface area (Å²) < 4.78 is 1.01. The topological polar surface area (TPSA) is 101 Å². The van der Waals surface area contributed by atoms with Crippen LogP contribution in [-0.4, -0.2) is 20.7 Å². The highest BCUT2D eigenvalue weighted by molar-refractivity contribution is 5.88. The lowest BCUT2D eigenvalue weighted by Gasteiger charge is -2.03. The number of carboxylic acid groups (broad SMARTS) is 1. The Labute approximate surface area is 72.7 Å². The molecule has 0 amide bonds. The number of nitrogens with zero attached hydrogens (tertiary/aromatic N) is 3. The number of carboxylic acids is 1. The third kappa shape index (κ3) is 1.48. The third-order valence-corrected chi connectivity index (χ3v) is 1.51. The van der Waals surface area contributed by atoms with Gasteiger partial charge in [0.1, 0.15) is 6.20 Å². The van der Waals surface area contributed by atoms with E-state index in [1.807, 2.05) is 0 Å². The van der Waals surface area contributed by atoms with Crippen molar-refractivity contribution in [3.63, 3.8) is 0 Å². The second kappa shape index (κ2) is 3.21. The number of aromatic nitrogens is 2. The molecule has 1 aromatic heterocycles. The minimum Gasteiger partial charge on any atom is -0.543 e. The first-order chi connectivity index (χ1) is 6.07. The molecule has 0 fully saturated rings. The van der Waals surface area contributed by atoms with Crippen molar-refractivity contribution in [3.8, 4) is 0 Å². The summed E-state index contributed by atoms with van der Waals surface area (Å²) >= 11 is 0. The summed E-state index contributed by atoms with van der Waals surface area (Å²) in [5, 5.41) is 24.3. The Hall–Kier alpha value is -1.92. The van der Waals surface area contributed by atoms with Crippen molar-refractivity contribution in [1.29, 1.82) is 0 Å². The summed E-state index contributed by atoms with van der Waals surface area (Å²) in [7, 11) is 0. The first-order valence-corrected chi connectivity index (χ1v) is 3.49. The average molecular weight is 184 g/mol. The van der Waals surface area contributed by atoms with Crippen LogP contribution < -0.4 is 5.11 Å². The summed E-state index contributed by atoms with van der Waals surface area (Å²) in [6.07, 6.45) is 0.897. The van der Waals surface area contributed by atoms with Crippen molar-refractivity contribution < 1.29 is 14.8 Å². The molecule has 0 unspecified atom stereocenters. The summed E-state index contributed by atoms with van der Waals surface area (Å²) in [5.74, 6) is -1.59. The predicted octanol–water partition coefficient (Wildman–Crippen LogP) is -0.825. The zero-order chi connectivity index (χ0) is 10.0. The largest absolute Gasteiger partial charge is 0.543 e. The number of rotatable bonds is 3. The maximum atomic E-state index is 10.5. The fourth-order valence-electron chi connectivity index (χ4n) is 0.959. The van der Waals surface area contributed by atoms with Gasteiger partial charge in [-0.15, -0.1) is 0 Å². The normalized spacial score (nSPS) is 9.92. The minimum absolute atomic E-state index is 0.247. The molecule has 1 aromatic rings. The van der Waals surface area contributed by atoms with Gasteiger partial charge in [-0.1, -0.05) is 0 Å². The highest BCUT2D eigenvalue weighted by Gasteiger charge is 2.20. The van der Waals surface area contributed by atoms with E-state index >= 15 is 0 Å². The van der Waals surface area contributed by atoms with Crippen molar-refractivity contribution in [2.45, 2.75) is 13.5 Å². The maximum absolute atomic E-state index is 10.5. The molecule has 1 rings (SSSR count). The van der Waals surface area contributed by atoms with Crippen LogP contribution in [0.2, 0.25) is 0 Å². The Morgan fingerprint density at radius 3 is 2.77 bits per heavy atom. The van der Waals surface area contributed by atoms with Crippen LogP contribution in [0.25, 0.3) is 0 Å². The summed E-state index contributed by atoms with van der Waals surface area (Å²) in [5.41, 5.74) is -1.03. The van der Waals surface area contributed by atoms with Gasteiger partial charge in [-0.2, -0.15) is 5.10 Å². The molecule has 7 nitrogen and oxygen atoms in total. The molecule has 0 spiro atoms. The average Bonchev–Trinajstić information content (AvgIpc) is 2.46.